The third kappa shape index (κ3) is 3.46. The van der Waals surface area contributed by atoms with E-state index in [2.05, 4.69) is 5.32 Å². The molecule has 0 saturated heterocycles. The van der Waals surface area contributed by atoms with Gasteiger partial charge in [-0.05, 0) is 25.1 Å². The second kappa shape index (κ2) is 6.36. The number of anilines is 1. The minimum atomic E-state index is -3.92. The highest BCUT2D eigenvalue weighted by Crippen LogP contribution is 2.21. The van der Waals surface area contributed by atoms with E-state index in [1.807, 2.05) is 0 Å². The number of sulfonamides is 1. The molecule has 20 heavy (non-hydrogen) atoms. The summed E-state index contributed by atoms with van der Waals surface area (Å²) in [5, 5.41) is 11.5. The van der Waals surface area contributed by atoms with Gasteiger partial charge in [0.05, 0.1) is 12.1 Å². The van der Waals surface area contributed by atoms with Gasteiger partial charge in [0.15, 0.2) is 0 Å². The lowest BCUT2D eigenvalue weighted by Gasteiger charge is -2.17. The van der Waals surface area contributed by atoms with Crippen LogP contribution in [-0.4, -0.2) is 38.8 Å². The van der Waals surface area contributed by atoms with Gasteiger partial charge >= 0.3 is 0 Å². The lowest BCUT2D eigenvalue weighted by atomic mass is 10.2. The van der Waals surface area contributed by atoms with Crippen molar-refractivity contribution >= 4 is 21.6 Å². The van der Waals surface area contributed by atoms with Crippen molar-refractivity contribution in [1.29, 1.82) is 5.26 Å². The van der Waals surface area contributed by atoms with E-state index in [9.17, 15) is 13.2 Å². The van der Waals surface area contributed by atoms with Crippen molar-refractivity contribution in [2.45, 2.75) is 11.8 Å². The number of amides is 1. The molecule has 1 amide bonds. The zero-order valence-electron chi connectivity index (χ0n) is 11.3. The molecule has 1 aromatic rings. The van der Waals surface area contributed by atoms with Crippen LogP contribution >= 0.6 is 0 Å². The molecule has 0 radical (unpaired) electrons. The molecule has 0 fully saturated rings. The predicted octanol–water partition coefficient (Wildman–Crippen LogP) is -0.103. The summed E-state index contributed by atoms with van der Waals surface area (Å²) in [4.78, 5) is 11.3. The van der Waals surface area contributed by atoms with Crippen molar-refractivity contribution in [3.05, 3.63) is 23.8 Å². The Morgan fingerprint density at radius 2 is 2.15 bits per heavy atom. The summed E-state index contributed by atoms with van der Waals surface area (Å²) in [7, 11) is -2.64. The summed E-state index contributed by atoms with van der Waals surface area (Å²) in [6.45, 7) is 1.84. The van der Waals surface area contributed by atoms with E-state index in [1.165, 1.54) is 25.2 Å². The second-order valence-electron chi connectivity index (χ2n) is 4.08. The van der Waals surface area contributed by atoms with Gasteiger partial charge in [0.1, 0.15) is 11.0 Å². The average Bonchev–Trinajstić information content (AvgIpc) is 2.38. The first-order chi connectivity index (χ1) is 9.32. The number of likely N-dealkylation sites (N-methyl/N-ethyl adjacent to an activating group) is 2. The summed E-state index contributed by atoms with van der Waals surface area (Å²) in [6.07, 6.45) is 0. The van der Waals surface area contributed by atoms with Gasteiger partial charge in [-0.25, -0.2) is 8.42 Å². The Balaban J connectivity index is 3.11. The van der Waals surface area contributed by atoms with Crippen molar-refractivity contribution in [3.63, 3.8) is 0 Å². The van der Waals surface area contributed by atoms with E-state index in [0.717, 1.165) is 4.31 Å². The van der Waals surface area contributed by atoms with Gasteiger partial charge in [-0.2, -0.15) is 9.57 Å². The zero-order valence-corrected chi connectivity index (χ0v) is 12.1. The first-order valence-corrected chi connectivity index (χ1v) is 7.29. The molecule has 0 aromatic heterocycles. The van der Waals surface area contributed by atoms with Gasteiger partial charge in [-0.3, -0.25) is 4.79 Å². The van der Waals surface area contributed by atoms with Gasteiger partial charge in [0, 0.05) is 19.3 Å². The van der Waals surface area contributed by atoms with E-state index in [4.69, 9.17) is 11.0 Å². The molecule has 0 atom stereocenters. The van der Waals surface area contributed by atoms with Gasteiger partial charge in [0.2, 0.25) is 15.9 Å². The molecule has 0 saturated carbocycles. The zero-order chi connectivity index (χ0) is 15.3. The third-order valence-corrected chi connectivity index (χ3v) is 4.41. The Labute approximate surface area is 118 Å². The molecule has 0 unspecified atom stereocenters. The van der Waals surface area contributed by atoms with Crippen LogP contribution in [0.1, 0.15) is 12.5 Å². The highest BCUT2D eigenvalue weighted by atomic mass is 32.2. The molecule has 0 spiro atoms. The van der Waals surface area contributed by atoms with Crippen molar-refractivity contribution in [1.82, 2.24) is 9.62 Å². The molecule has 8 heteroatoms. The Kier molecular flexibility index (Phi) is 5.07. The van der Waals surface area contributed by atoms with Crippen LogP contribution < -0.4 is 11.1 Å². The molecule has 0 bridgehead atoms. The normalized spacial score (nSPS) is 11.1. The number of nitrogens with two attached hydrogens (primary N) is 1. The quantitative estimate of drug-likeness (QED) is 0.736. The number of nitrogens with zero attached hydrogens (tertiary/aromatic N) is 2. The van der Waals surface area contributed by atoms with Crippen molar-refractivity contribution in [3.8, 4) is 6.07 Å². The Morgan fingerprint density at radius 1 is 1.50 bits per heavy atom. The number of benzene rings is 1. The van der Waals surface area contributed by atoms with Crippen LogP contribution in [0.4, 0.5) is 5.69 Å². The summed E-state index contributed by atoms with van der Waals surface area (Å²) >= 11 is 0. The maximum Gasteiger partial charge on any atom is 0.244 e. The number of nitriles is 1. The molecular formula is C12H16N4O3S. The number of hydrogen-bond acceptors (Lipinski definition) is 5. The molecule has 7 nitrogen and oxygen atoms in total. The van der Waals surface area contributed by atoms with Crippen LogP contribution in [0.3, 0.4) is 0 Å². The van der Waals surface area contributed by atoms with Crippen LogP contribution in [-0.2, 0) is 14.8 Å². The van der Waals surface area contributed by atoms with E-state index in [1.54, 1.807) is 13.0 Å². The van der Waals surface area contributed by atoms with Gasteiger partial charge in [-0.1, -0.05) is 0 Å². The Morgan fingerprint density at radius 3 is 2.70 bits per heavy atom. The highest BCUT2D eigenvalue weighted by Gasteiger charge is 2.25. The molecule has 3 N–H and O–H groups in total. The fourth-order valence-electron chi connectivity index (χ4n) is 1.57. The van der Waals surface area contributed by atoms with Crippen LogP contribution in [0.25, 0.3) is 0 Å². The lowest BCUT2D eigenvalue weighted by Crippen LogP contribution is -2.38. The lowest BCUT2D eigenvalue weighted by molar-refractivity contribution is -0.121. The molecule has 1 rings (SSSR count). The summed E-state index contributed by atoms with van der Waals surface area (Å²) in [6, 6.07) is 5.73. The first kappa shape index (κ1) is 15.9. The largest absolute Gasteiger partial charge is 0.399 e. The fourth-order valence-corrected chi connectivity index (χ4v) is 2.81. The van der Waals surface area contributed by atoms with Crippen LogP contribution in [0.5, 0.6) is 0 Å². The fraction of sp³-hybridized carbons (Fsp3) is 0.333. The number of rotatable bonds is 5. The molecule has 0 heterocycles. The van der Waals surface area contributed by atoms with Gasteiger partial charge < -0.3 is 11.1 Å². The molecular weight excluding hydrogens is 280 g/mol. The molecule has 0 aliphatic heterocycles. The van der Waals surface area contributed by atoms with Crippen molar-refractivity contribution in [2.24, 2.45) is 0 Å². The number of carbonyl (C=O) groups excluding carboxylic acids is 1. The van der Waals surface area contributed by atoms with Crippen LogP contribution in [0, 0.1) is 11.3 Å². The maximum atomic E-state index is 12.3. The number of carbonyl (C=O) groups is 1. The SMILES string of the molecule is CCNC(=O)CN(C)S(=O)(=O)c1ccc(N)cc1C#N. The topological polar surface area (TPSA) is 116 Å². The van der Waals surface area contributed by atoms with Gasteiger partial charge in [0.25, 0.3) is 0 Å². The van der Waals surface area contributed by atoms with E-state index < -0.39 is 15.9 Å². The number of hydrogen-bond donors (Lipinski definition) is 2. The highest BCUT2D eigenvalue weighted by molar-refractivity contribution is 7.89. The molecule has 0 aliphatic carbocycles. The molecule has 108 valence electrons. The third-order valence-electron chi connectivity index (χ3n) is 2.55. The Hall–Kier alpha value is -2.11. The van der Waals surface area contributed by atoms with E-state index in [-0.39, 0.29) is 17.0 Å². The standard InChI is InChI=1S/C12H16N4O3S/c1-3-15-12(17)8-16(2)20(18,19)11-5-4-10(14)6-9(11)7-13/h4-6H,3,8,14H2,1-2H3,(H,15,17). The smallest absolute Gasteiger partial charge is 0.244 e. The molecule has 1 aromatic carbocycles. The monoisotopic (exact) mass is 296 g/mol. The van der Waals surface area contributed by atoms with E-state index in [0.29, 0.717) is 12.2 Å². The average molecular weight is 296 g/mol. The molecule has 0 aliphatic rings. The first-order valence-electron chi connectivity index (χ1n) is 5.85. The minimum Gasteiger partial charge on any atom is -0.399 e. The summed E-state index contributed by atoms with van der Waals surface area (Å²) in [5.41, 5.74) is 5.77. The Bertz CT molecular complexity index is 649. The van der Waals surface area contributed by atoms with Crippen LogP contribution in [0.15, 0.2) is 23.1 Å². The second-order valence-corrected chi connectivity index (χ2v) is 6.10. The van der Waals surface area contributed by atoms with Gasteiger partial charge in [-0.15, -0.1) is 0 Å². The van der Waals surface area contributed by atoms with E-state index >= 15 is 0 Å². The van der Waals surface area contributed by atoms with Crippen LogP contribution in [0.2, 0.25) is 0 Å². The minimum absolute atomic E-state index is 0.0484. The maximum absolute atomic E-state index is 12.3. The summed E-state index contributed by atoms with van der Waals surface area (Å²) in [5.74, 6) is -0.410. The number of nitrogen functional groups attached to an aromatic ring is 1. The van der Waals surface area contributed by atoms with Crippen molar-refractivity contribution in [2.75, 3.05) is 25.9 Å². The summed E-state index contributed by atoms with van der Waals surface area (Å²) < 4.78 is 25.5. The number of nitrogens with one attached hydrogen (secondary N) is 1. The van der Waals surface area contributed by atoms with Crippen molar-refractivity contribution < 1.29 is 13.2 Å². The predicted molar refractivity (Wildman–Crippen MR) is 74.1 cm³/mol.